The lowest BCUT2D eigenvalue weighted by Crippen LogP contribution is -2.00. The molecule has 2 N–H and O–H groups in total. The van der Waals surface area contributed by atoms with Crippen molar-refractivity contribution in [3.05, 3.63) is 65.9 Å². The highest BCUT2D eigenvalue weighted by Gasteiger charge is 2.03. The molecule has 0 unspecified atom stereocenters. The number of anilines is 1. The number of hydrogen-bond donors (Lipinski definition) is 2. The van der Waals surface area contributed by atoms with Crippen molar-refractivity contribution in [2.24, 2.45) is 0 Å². The number of phenolic OH excluding ortho intramolecular Hbond substituents is 1. The second-order valence-electron chi connectivity index (χ2n) is 4.85. The van der Waals surface area contributed by atoms with Crippen LogP contribution in [0, 0.1) is 6.92 Å². The van der Waals surface area contributed by atoms with E-state index >= 15 is 0 Å². The van der Waals surface area contributed by atoms with Crippen molar-refractivity contribution in [1.82, 2.24) is 4.98 Å². The van der Waals surface area contributed by atoms with E-state index in [-0.39, 0.29) is 5.75 Å². The Morgan fingerprint density at radius 2 is 1.90 bits per heavy atom. The van der Waals surface area contributed by atoms with Crippen molar-refractivity contribution in [3.63, 3.8) is 0 Å². The fourth-order valence-electron chi connectivity index (χ4n) is 2.25. The number of aromatic hydroxyl groups is 1. The molecule has 0 fully saturated rings. The highest BCUT2D eigenvalue weighted by atomic mass is 16.3. The monoisotopic (exact) mass is 264 g/mol. The zero-order valence-electron chi connectivity index (χ0n) is 11.3. The molecule has 3 rings (SSSR count). The number of nitrogens with zero attached hydrogens (tertiary/aromatic N) is 1. The molecule has 1 aromatic heterocycles. The zero-order valence-corrected chi connectivity index (χ0v) is 11.3. The number of hydrogen-bond acceptors (Lipinski definition) is 3. The van der Waals surface area contributed by atoms with E-state index in [0.29, 0.717) is 6.54 Å². The Kier molecular flexibility index (Phi) is 3.25. The van der Waals surface area contributed by atoms with Crippen molar-refractivity contribution in [2.75, 3.05) is 5.32 Å². The van der Waals surface area contributed by atoms with Gasteiger partial charge in [-0.15, -0.1) is 0 Å². The molecule has 2 aromatic carbocycles. The fraction of sp³-hybridized carbons (Fsp3) is 0.118. The van der Waals surface area contributed by atoms with Gasteiger partial charge in [0, 0.05) is 17.6 Å². The number of para-hydroxylation sites is 1. The molecule has 0 bridgehead atoms. The first-order valence-corrected chi connectivity index (χ1v) is 6.60. The second-order valence-corrected chi connectivity index (χ2v) is 4.85. The van der Waals surface area contributed by atoms with E-state index in [9.17, 15) is 5.11 Å². The summed E-state index contributed by atoms with van der Waals surface area (Å²) >= 11 is 0. The van der Waals surface area contributed by atoms with E-state index in [1.807, 2.05) is 37.3 Å². The van der Waals surface area contributed by atoms with Crippen LogP contribution >= 0.6 is 0 Å². The van der Waals surface area contributed by atoms with Crippen LogP contribution in [0.2, 0.25) is 0 Å². The minimum Gasteiger partial charge on any atom is -0.508 e. The Balaban J connectivity index is 1.89. The topological polar surface area (TPSA) is 45.1 Å². The van der Waals surface area contributed by atoms with Crippen LogP contribution in [0.3, 0.4) is 0 Å². The molecule has 0 radical (unpaired) electrons. The number of benzene rings is 2. The first kappa shape index (κ1) is 12.5. The van der Waals surface area contributed by atoms with Gasteiger partial charge in [-0.05, 0) is 36.8 Å². The molecule has 20 heavy (non-hydrogen) atoms. The third kappa shape index (κ3) is 2.57. The van der Waals surface area contributed by atoms with Gasteiger partial charge in [-0.1, -0.05) is 30.3 Å². The first-order valence-electron chi connectivity index (χ1n) is 6.60. The molecule has 0 amide bonds. The van der Waals surface area contributed by atoms with Gasteiger partial charge < -0.3 is 10.4 Å². The van der Waals surface area contributed by atoms with Gasteiger partial charge in [0.1, 0.15) is 5.75 Å². The van der Waals surface area contributed by atoms with Crippen LogP contribution in [0.1, 0.15) is 11.3 Å². The highest BCUT2D eigenvalue weighted by molar-refractivity contribution is 5.90. The molecule has 3 aromatic rings. The summed E-state index contributed by atoms with van der Waals surface area (Å²) in [6.45, 7) is 2.65. The zero-order chi connectivity index (χ0) is 13.9. The molecule has 0 saturated carbocycles. The minimum absolute atomic E-state index is 0.288. The summed E-state index contributed by atoms with van der Waals surface area (Å²) in [4.78, 5) is 4.59. The summed E-state index contributed by atoms with van der Waals surface area (Å²) in [5.74, 6) is 0.288. The molecule has 100 valence electrons. The van der Waals surface area contributed by atoms with Crippen LogP contribution in [-0.2, 0) is 6.54 Å². The van der Waals surface area contributed by atoms with E-state index in [2.05, 4.69) is 22.4 Å². The predicted molar refractivity (Wildman–Crippen MR) is 81.9 cm³/mol. The van der Waals surface area contributed by atoms with Crippen LogP contribution in [0.15, 0.2) is 54.6 Å². The molecule has 0 saturated heterocycles. The smallest absolute Gasteiger partial charge is 0.115 e. The fourth-order valence-corrected chi connectivity index (χ4v) is 2.25. The van der Waals surface area contributed by atoms with Crippen LogP contribution in [0.25, 0.3) is 10.9 Å². The largest absolute Gasteiger partial charge is 0.508 e. The van der Waals surface area contributed by atoms with Gasteiger partial charge in [-0.25, -0.2) is 0 Å². The highest BCUT2D eigenvalue weighted by Crippen LogP contribution is 2.22. The molecule has 3 heteroatoms. The van der Waals surface area contributed by atoms with Crippen molar-refractivity contribution in [2.45, 2.75) is 13.5 Å². The number of aromatic nitrogens is 1. The summed E-state index contributed by atoms with van der Waals surface area (Å²) in [5.41, 5.74) is 4.03. The van der Waals surface area contributed by atoms with Gasteiger partial charge in [0.25, 0.3) is 0 Å². The molecule has 0 aliphatic carbocycles. The van der Waals surface area contributed by atoms with Crippen molar-refractivity contribution < 1.29 is 5.11 Å². The van der Waals surface area contributed by atoms with Gasteiger partial charge in [-0.2, -0.15) is 0 Å². The van der Waals surface area contributed by atoms with E-state index in [1.165, 1.54) is 0 Å². The lowest BCUT2D eigenvalue weighted by Gasteiger charge is -2.10. The van der Waals surface area contributed by atoms with E-state index in [4.69, 9.17) is 0 Å². The molecule has 0 aliphatic rings. The first-order chi connectivity index (χ1) is 9.72. The summed E-state index contributed by atoms with van der Waals surface area (Å²) in [5, 5.41) is 14.0. The minimum atomic E-state index is 0.288. The van der Waals surface area contributed by atoms with Crippen LogP contribution in [-0.4, -0.2) is 10.1 Å². The SMILES string of the molecule is Cc1ccc2cccc(NCc3cccc(O)c3)c2n1. The number of nitrogens with one attached hydrogen (secondary N) is 1. The maximum Gasteiger partial charge on any atom is 0.115 e. The van der Waals surface area contributed by atoms with Gasteiger partial charge in [0.15, 0.2) is 0 Å². The maximum atomic E-state index is 9.48. The average molecular weight is 264 g/mol. The molecule has 0 aliphatic heterocycles. The van der Waals surface area contributed by atoms with Gasteiger partial charge in [0.05, 0.1) is 11.2 Å². The lowest BCUT2D eigenvalue weighted by molar-refractivity contribution is 0.474. The summed E-state index contributed by atoms with van der Waals surface area (Å²) in [6, 6.07) is 17.5. The van der Waals surface area contributed by atoms with Gasteiger partial charge >= 0.3 is 0 Å². The number of rotatable bonds is 3. The summed E-state index contributed by atoms with van der Waals surface area (Å²) in [7, 11) is 0. The second kappa shape index (κ2) is 5.21. The Morgan fingerprint density at radius 1 is 1.05 bits per heavy atom. The Morgan fingerprint density at radius 3 is 2.75 bits per heavy atom. The van der Waals surface area contributed by atoms with Crippen LogP contribution in [0.5, 0.6) is 5.75 Å². The lowest BCUT2D eigenvalue weighted by atomic mass is 10.1. The molecule has 1 heterocycles. The molecular weight excluding hydrogens is 248 g/mol. The molecule has 0 spiro atoms. The third-order valence-corrected chi connectivity index (χ3v) is 3.25. The molecular formula is C17H16N2O. The van der Waals surface area contributed by atoms with Crippen molar-refractivity contribution in [3.8, 4) is 5.75 Å². The van der Waals surface area contributed by atoms with E-state index < -0.39 is 0 Å². The van der Waals surface area contributed by atoms with Gasteiger partial charge in [-0.3, -0.25) is 4.98 Å². The number of aryl methyl sites for hydroxylation is 1. The van der Waals surface area contributed by atoms with E-state index in [1.54, 1.807) is 12.1 Å². The predicted octanol–water partition coefficient (Wildman–Crippen LogP) is 3.86. The number of fused-ring (bicyclic) bond motifs is 1. The van der Waals surface area contributed by atoms with Crippen molar-refractivity contribution in [1.29, 1.82) is 0 Å². The van der Waals surface area contributed by atoms with Crippen molar-refractivity contribution >= 4 is 16.6 Å². The normalized spacial score (nSPS) is 10.7. The van der Waals surface area contributed by atoms with Crippen LogP contribution in [0.4, 0.5) is 5.69 Å². The number of phenols is 1. The number of pyridine rings is 1. The van der Waals surface area contributed by atoms with Crippen LogP contribution < -0.4 is 5.32 Å². The van der Waals surface area contributed by atoms with Gasteiger partial charge in [0.2, 0.25) is 0 Å². The quantitative estimate of drug-likeness (QED) is 0.755. The molecule has 3 nitrogen and oxygen atoms in total. The van der Waals surface area contributed by atoms with E-state index in [0.717, 1.165) is 27.8 Å². The maximum absolute atomic E-state index is 9.48. The average Bonchev–Trinajstić information content (AvgIpc) is 2.45. The Labute approximate surface area is 117 Å². The Hall–Kier alpha value is -2.55. The summed E-state index contributed by atoms with van der Waals surface area (Å²) < 4.78 is 0. The Bertz CT molecular complexity index is 753. The summed E-state index contributed by atoms with van der Waals surface area (Å²) in [6.07, 6.45) is 0. The molecule has 0 atom stereocenters. The third-order valence-electron chi connectivity index (χ3n) is 3.25. The standard InChI is InChI=1S/C17H16N2O/c1-12-8-9-14-5-3-7-16(17(14)19-12)18-11-13-4-2-6-15(20)10-13/h2-10,18,20H,11H2,1H3.